The second-order valence-electron chi connectivity index (χ2n) is 4.07. The Morgan fingerprint density at radius 2 is 1.88 bits per heavy atom. The Hall–Kier alpha value is -2.42. The number of nitrogens with zero attached hydrogens (tertiary/aromatic N) is 1. The quantitative estimate of drug-likeness (QED) is 0.338. The molecule has 0 aliphatic heterocycles. The normalized spacial score (nSPS) is 11.8. The Morgan fingerprint density at radius 3 is 2.82 bits per heavy atom. The van der Waals surface area contributed by atoms with Crippen molar-refractivity contribution in [1.29, 1.82) is 0 Å². The highest BCUT2D eigenvalue weighted by Crippen LogP contribution is 2.30. The topological polar surface area (TPSA) is 43.1 Å². The van der Waals surface area contributed by atoms with Crippen LogP contribution in [0.5, 0.6) is 0 Å². The van der Waals surface area contributed by atoms with Crippen LogP contribution < -0.4 is 5.63 Å². The van der Waals surface area contributed by atoms with Crippen molar-refractivity contribution < 1.29 is 4.42 Å². The van der Waals surface area contributed by atoms with E-state index in [0.717, 1.165) is 21.7 Å². The van der Waals surface area contributed by atoms with Gasteiger partial charge in [-0.1, -0.05) is 18.2 Å². The van der Waals surface area contributed by atoms with E-state index >= 15 is 0 Å². The molecule has 0 amide bonds. The van der Waals surface area contributed by atoms with Crippen molar-refractivity contribution in [2.45, 2.75) is 0 Å². The van der Waals surface area contributed by atoms with Crippen molar-refractivity contribution in [3.05, 3.63) is 53.0 Å². The van der Waals surface area contributed by atoms with E-state index in [1.807, 2.05) is 36.5 Å². The molecule has 80 valence electrons. The highest BCUT2D eigenvalue weighted by atomic mass is 16.4. The van der Waals surface area contributed by atoms with E-state index in [-0.39, 0.29) is 5.63 Å². The molecule has 0 atom stereocenters. The first kappa shape index (κ1) is 8.70. The lowest BCUT2D eigenvalue weighted by Crippen LogP contribution is -2.01. The summed E-state index contributed by atoms with van der Waals surface area (Å²) in [7, 11) is 0. The van der Waals surface area contributed by atoms with Gasteiger partial charge in [-0.05, 0) is 18.2 Å². The van der Waals surface area contributed by atoms with E-state index in [2.05, 4.69) is 4.98 Å². The number of benzene rings is 2. The fourth-order valence-corrected chi connectivity index (χ4v) is 2.38. The Balaban J connectivity index is 2.55. The van der Waals surface area contributed by atoms with E-state index in [0.29, 0.717) is 11.0 Å². The van der Waals surface area contributed by atoms with E-state index in [9.17, 15) is 4.79 Å². The van der Waals surface area contributed by atoms with E-state index in [1.165, 1.54) is 0 Å². The van der Waals surface area contributed by atoms with Crippen molar-refractivity contribution >= 4 is 32.6 Å². The first-order valence-electron chi connectivity index (χ1n) is 5.37. The van der Waals surface area contributed by atoms with Crippen molar-refractivity contribution in [3.8, 4) is 0 Å². The third-order valence-electron chi connectivity index (χ3n) is 3.12. The molecule has 0 aliphatic carbocycles. The maximum Gasteiger partial charge on any atom is 0.344 e. The maximum atomic E-state index is 11.9. The van der Waals surface area contributed by atoms with Gasteiger partial charge in [-0.3, -0.25) is 4.98 Å². The minimum absolute atomic E-state index is 0.302. The fourth-order valence-electron chi connectivity index (χ4n) is 2.38. The van der Waals surface area contributed by atoms with Gasteiger partial charge in [-0.15, -0.1) is 0 Å². The van der Waals surface area contributed by atoms with Crippen LogP contribution in [0.4, 0.5) is 0 Å². The van der Waals surface area contributed by atoms with Crippen LogP contribution in [0.25, 0.3) is 32.6 Å². The molecule has 0 saturated heterocycles. The van der Waals surface area contributed by atoms with Crippen LogP contribution in [0.1, 0.15) is 0 Å². The lowest BCUT2D eigenvalue weighted by molar-refractivity contribution is 0.570. The van der Waals surface area contributed by atoms with Gasteiger partial charge in [-0.25, -0.2) is 4.79 Å². The summed E-state index contributed by atoms with van der Waals surface area (Å²) in [5.74, 6) is 0. The smallest absolute Gasteiger partial charge is 0.344 e. The summed E-state index contributed by atoms with van der Waals surface area (Å²) in [6, 6.07) is 11.2. The Morgan fingerprint density at radius 1 is 1.00 bits per heavy atom. The summed E-state index contributed by atoms with van der Waals surface area (Å²) >= 11 is 0. The van der Waals surface area contributed by atoms with Crippen LogP contribution in [0.3, 0.4) is 0 Å². The predicted molar refractivity (Wildman–Crippen MR) is 66.5 cm³/mol. The van der Waals surface area contributed by atoms with Crippen molar-refractivity contribution in [1.82, 2.24) is 4.98 Å². The molecular formula is C14H7NO2. The average Bonchev–Trinajstić information content (AvgIpc) is 2.37. The molecule has 0 saturated carbocycles. The third-order valence-corrected chi connectivity index (χ3v) is 3.12. The molecule has 3 nitrogen and oxygen atoms in total. The molecule has 0 N–H and O–H groups in total. The lowest BCUT2D eigenvalue weighted by atomic mass is 10.0. The Labute approximate surface area is 95.6 Å². The van der Waals surface area contributed by atoms with E-state index < -0.39 is 0 Å². The zero-order chi connectivity index (χ0) is 11.4. The monoisotopic (exact) mass is 221 g/mol. The summed E-state index contributed by atoms with van der Waals surface area (Å²) in [6.45, 7) is 0. The van der Waals surface area contributed by atoms with Gasteiger partial charge in [0.1, 0.15) is 5.58 Å². The van der Waals surface area contributed by atoms with Crippen LogP contribution in [0.2, 0.25) is 0 Å². The molecule has 0 radical (unpaired) electrons. The third kappa shape index (κ3) is 1.00. The second kappa shape index (κ2) is 2.83. The predicted octanol–water partition coefficient (Wildman–Crippen LogP) is 2.93. The number of pyridine rings is 1. The van der Waals surface area contributed by atoms with E-state index in [1.54, 1.807) is 6.07 Å². The first-order chi connectivity index (χ1) is 8.34. The van der Waals surface area contributed by atoms with Crippen molar-refractivity contribution in [2.24, 2.45) is 0 Å². The molecule has 0 unspecified atom stereocenters. The van der Waals surface area contributed by atoms with Gasteiger partial charge < -0.3 is 4.42 Å². The molecule has 17 heavy (non-hydrogen) atoms. The molecule has 2 heterocycles. The van der Waals surface area contributed by atoms with Crippen LogP contribution in [0.15, 0.2) is 51.8 Å². The van der Waals surface area contributed by atoms with Crippen molar-refractivity contribution in [2.75, 3.05) is 0 Å². The van der Waals surface area contributed by atoms with Gasteiger partial charge in [0, 0.05) is 22.4 Å². The summed E-state index contributed by atoms with van der Waals surface area (Å²) in [4.78, 5) is 16.2. The number of hydrogen-bond donors (Lipinski definition) is 0. The standard InChI is InChI=1S/C14H7NO2/c16-14-9-4-2-5-10-13(9)12-8(7-15-10)3-1-6-11(12)17-14/h1-7H. The summed E-state index contributed by atoms with van der Waals surface area (Å²) in [5.41, 5.74) is 1.15. The molecule has 0 fully saturated rings. The number of hydrogen-bond acceptors (Lipinski definition) is 3. The van der Waals surface area contributed by atoms with Gasteiger partial charge in [-0.2, -0.15) is 0 Å². The van der Waals surface area contributed by atoms with Gasteiger partial charge in [0.25, 0.3) is 0 Å². The Kier molecular flexibility index (Phi) is 1.45. The SMILES string of the molecule is O=c1oc2cccc3cnc4cccc1c4c32. The molecule has 2 aromatic carbocycles. The molecular weight excluding hydrogens is 214 g/mol. The second-order valence-corrected chi connectivity index (χ2v) is 4.07. The van der Waals surface area contributed by atoms with E-state index in [4.69, 9.17) is 4.42 Å². The molecule has 4 rings (SSSR count). The zero-order valence-electron chi connectivity index (χ0n) is 8.81. The maximum absolute atomic E-state index is 11.9. The summed E-state index contributed by atoms with van der Waals surface area (Å²) in [5, 5.41) is 3.47. The van der Waals surface area contributed by atoms with Crippen molar-refractivity contribution in [3.63, 3.8) is 0 Å². The Bertz CT molecular complexity index is 908. The molecule has 2 aromatic heterocycles. The summed E-state index contributed by atoms with van der Waals surface area (Å²) < 4.78 is 5.33. The first-order valence-corrected chi connectivity index (χ1v) is 5.37. The zero-order valence-corrected chi connectivity index (χ0v) is 8.81. The largest absolute Gasteiger partial charge is 0.422 e. The van der Waals surface area contributed by atoms with Crippen LogP contribution in [-0.4, -0.2) is 4.98 Å². The molecule has 0 aliphatic rings. The minimum atomic E-state index is -0.302. The van der Waals surface area contributed by atoms with Gasteiger partial charge in [0.15, 0.2) is 0 Å². The number of aromatic nitrogens is 1. The van der Waals surface area contributed by atoms with Gasteiger partial charge in [0.05, 0.1) is 10.9 Å². The van der Waals surface area contributed by atoms with Crippen LogP contribution in [0, 0.1) is 0 Å². The highest BCUT2D eigenvalue weighted by molar-refractivity contribution is 6.19. The minimum Gasteiger partial charge on any atom is -0.422 e. The summed E-state index contributed by atoms with van der Waals surface area (Å²) in [6.07, 6.45) is 1.81. The van der Waals surface area contributed by atoms with Crippen LogP contribution in [-0.2, 0) is 0 Å². The molecule has 0 spiro atoms. The molecule has 3 heteroatoms. The molecule has 4 aromatic rings. The van der Waals surface area contributed by atoms with Gasteiger partial charge in [0.2, 0.25) is 0 Å². The van der Waals surface area contributed by atoms with Gasteiger partial charge >= 0.3 is 5.63 Å². The average molecular weight is 221 g/mol. The lowest BCUT2D eigenvalue weighted by Gasteiger charge is -2.07. The fraction of sp³-hybridized carbons (Fsp3) is 0. The highest BCUT2D eigenvalue weighted by Gasteiger charge is 2.12. The number of rotatable bonds is 0. The van der Waals surface area contributed by atoms with Crippen LogP contribution >= 0.6 is 0 Å². The molecule has 0 bridgehead atoms.